The van der Waals surface area contributed by atoms with E-state index in [4.69, 9.17) is 0 Å². The molecule has 1 nitrogen and oxygen atoms in total. The first-order chi connectivity index (χ1) is 9.13. The molecule has 1 heterocycles. The summed E-state index contributed by atoms with van der Waals surface area (Å²) in [5.74, 6) is 3.14. The maximum Gasteiger partial charge on any atom is 0.144 e. The fourth-order valence-electron chi connectivity index (χ4n) is 5.24. The van der Waals surface area contributed by atoms with Crippen molar-refractivity contribution in [3.8, 4) is 0 Å². The maximum absolute atomic E-state index is 12.9. The predicted molar refractivity (Wildman–Crippen MR) is 81.3 cm³/mol. The number of carbonyl (C=O) groups is 1. The summed E-state index contributed by atoms with van der Waals surface area (Å²) in [4.78, 5) is 14.1. The van der Waals surface area contributed by atoms with E-state index in [-0.39, 0.29) is 5.41 Å². The van der Waals surface area contributed by atoms with Gasteiger partial charge in [-0.15, -0.1) is 11.3 Å². The molecule has 0 spiro atoms. The Kier molecular flexibility index (Phi) is 2.93. The third-order valence-electron chi connectivity index (χ3n) is 5.59. The van der Waals surface area contributed by atoms with Crippen molar-refractivity contribution >= 4 is 33.0 Å². The molecule has 4 bridgehead atoms. The summed E-state index contributed by atoms with van der Waals surface area (Å²) < 4.78 is 1.14. The minimum absolute atomic E-state index is 0.0746. The highest BCUT2D eigenvalue weighted by Gasteiger charge is 2.54. The lowest BCUT2D eigenvalue weighted by Crippen LogP contribution is -2.50. The molecule has 19 heavy (non-hydrogen) atoms. The summed E-state index contributed by atoms with van der Waals surface area (Å²) in [7, 11) is 0. The van der Waals surface area contributed by atoms with Crippen molar-refractivity contribution in [3.63, 3.8) is 0 Å². The molecule has 0 N–H and O–H groups in total. The average Bonchev–Trinajstić information content (AvgIpc) is 2.73. The number of thiophene rings is 1. The van der Waals surface area contributed by atoms with E-state index in [1.165, 1.54) is 43.4 Å². The molecule has 0 aromatic carbocycles. The summed E-state index contributed by atoms with van der Waals surface area (Å²) >= 11 is 5.21. The van der Waals surface area contributed by atoms with Crippen LogP contribution >= 0.6 is 27.3 Å². The molecular weight excluding hydrogens is 320 g/mol. The summed E-state index contributed by atoms with van der Waals surface area (Å²) in [5, 5.41) is 0. The minimum atomic E-state index is 0.0746. The number of hydrogen-bond donors (Lipinski definition) is 0. The van der Waals surface area contributed by atoms with Gasteiger partial charge in [0.2, 0.25) is 0 Å². The highest BCUT2D eigenvalue weighted by molar-refractivity contribution is 9.11. The van der Waals surface area contributed by atoms with E-state index in [9.17, 15) is 4.79 Å². The fraction of sp³-hybridized carbons (Fsp3) is 0.688. The summed E-state index contributed by atoms with van der Waals surface area (Å²) in [5.41, 5.74) is 0.0746. The molecule has 0 aliphatic heterocycles. The van der Waals surface area contributed by atoms with Gasteiger partial charge in [0.05, 0.1) is 3.79 Å². The summed E-state index contributed by atoms with van der Waals surface area (Å²) in [6.07, 6.45) is 8.51. The van der Waals surface area contributed by atoms with Crippen LogP contribution in [0.25, 0.3) is 0 Å². The largest absolute Gasteiger partial charge is 0.299 e. The van der Waals surface area contributed by atoms with E-state index in [2.05, 4.69) is 28.1 Å². The SMILES string of the molecule is O=C(Cc1ccc(Br)s1)C12CC3CC(CC(C3)C1)C2. The Morgan fingerprint density at radius 2 is 1.74 bits per heavy atom. The number of ketones is 1. The molecule has 1 aromatic rings. The lowest BCUT2D eigenvalue weighted by atomic mass is 9.48. The average molecular weight is 339 g/mol. The highest BCUT2D eigenvalue weighted by Crippen LogP contribution is 2.60. The lowest BCUT2D eigenvalue weighted by Gasteiger charge is -2.56. The highest BCUT2D eigenvalue weighted by atomic mass is 79.9. The Hall–Kier alpha value is -0.150. The van der Waals surface area contributed by atoms with Gasteiger partial charge in [-0.1, -0.05) is 0 Å². The van der Waals surface area contributed by atoms with Crippen molar-refractivity contribution < 1.29 is 4.79 Å². The van der Waals surface area contributed by atoms with Crippen LogP contribution in [0.1, 0.15) is 43.4 Å². The second-order valence-electron chi connectivity index (χ2n) is 7.00. The van der Waals surface area contributed by atoms with E-state index < -0.39 is 0 Å². The number of hydrogen-bond acceptors (Lipinski definition) is 2. The van der Waals surface area contributed by atoms with Gasteiger partial charge in [0.15, 0.2) is 0 Å². The van der Waals surface area contributed by atoms with Crippen molar-refractivity contribution in [2.45, 2.75) is 44.9 Å². The Morgan fingerprint density at radius 1 is 1.16 bits per heavy atom. The number of Topliss-reactive ketones (excluding diaryl/α,β-unsaturated/α-hetero) is 1. The van der Waals surface area contributed by atoms with Gasteiger partial charge in [0.25, 0.3) is 0 Å². The third kappa shape index (κ3) is 2.13. The number of rotatable bonds is 3. The van der Waals surface area contributed by atoms with E-state index in [0.29, 0.717) is 12.2 Å². The molecule has 0 atom stereocenters. The molecule has 0 saturated heterocycles. The molecule has 0 amide bonds. The van der Waals surface area contributed by atoms with Gasteiger partial charge in [-0.2, -0.15) is 0 Å². The van der Waals surface area contributed by atoms with Crippen molar-refractivity contribution in [3.05, 3.63) is 20.8 Å². The second-order valence-corrected chi connectivity index (χ2v) is 9.55. The van der Waals surface area contributed by atoms with Gasteiger partial charge in [-0.25, -0.2) is 0 Å². The van der Waals surface area contributed by atoms with Crippen molar-refractivity contribution in [1.82, 2.24) is 0 Å². The van der Waals surface area contributed by atoms with Gasteiger partial charge < -0.3 is 0 Å². The Morgan fingerprint density at radius 3 is 2.21 bits per heavy atom. The number of carbonyl (C=O) groups excluding carboxylic acids is 1. The quantitative estimate of drug-likeness (QED) is 0.770. The van der Waals surface area contributed by atoms with Gasteiger partial charge in [0.1, 0.15) is 5.78 Å². The van der Waals surface area contributed by atoms with Gasteiger partial charge in [-0.05, 0) is 84.3 Å². The van der Waals surface area contributed by atoms with Crippen molar-refractivity contribution in [2.24, 2.45) is 23.2 Å². The van der Waals surface area contributed by atoms with Crippen molar-refractivity contribution in [1.29, 1.82) is 0 Å². The molecule has 4 aliphatic rings. The molecule has 102 valence electrons. The first kappa shape index (κ1) is 12.6. The molecule has 0 unspecified atom stereocenters. The number of halogens is 1. The Bertz CT molecular complexity index is 483. The fourth-order valence-corrected chi connectivity index (χ4v) is 6.73. The van der Waals surface area contributed by atoms with Crippen LogP contribution in [0.2, 0.25) is 0 Å². The van der Waals surface area contributed by atoms with Crippen LogP contribution in [-0.4, -0.2) is 5.78 Å². The zero-order valence-electron chi connectivity index (χ0n) is 11.0. The molecule has 1 aromatic heterocycles. The zero-order chi connectivity index (χ0) is 13.0. The first-order valence-corrected chi connectivity index (χ1v) is 9.01. The standard InChI is InChI=1S/C16H19BrOS/c17-15-2-1-13(19-15)6-14(18)16-7-10-3-11(8-16)5-12(4-10)9-16/h1-2,10-12H,3-9H2. The van der Waals surface area contributed by atoms with Crippen LogP contribution < -0.4 is 0 Å². The van der Waals surface area contributed by atoms with Crippen LogP contribution in [0, 0.1) is 23.2 Å². The van der Waals surface area contributed by atoms with Crippen LogP contribution in [0.4, 0.5) is 0 Å². The topological polar surface area (TPSA) is 17.1 Å². The smallest absolute Gasteiger partial charge is 0.144 e. The molecule has 4 aliphatic carbocycles. The Labute approximate surface area is 126 Å². The van der Waals surface area contributed by atoms with Gasteiger partial charge >= 0.3 is 0 Å². The van der Waals surface area contributed by atoms with Crippen LogP contribution in [0.15, 0.2) is 15.9 Å². The first-order valence-electron chi connectivity index (χ1n) is 7.40. The second kappa shape index (κ2) is 4.42. The van der Waals surface area contributed by atoms with E-state index in [1.54, 1.807) is 11.3 Å². The lowest BCUT2D eigenvalue weighted by molar-refractivity contribution is -0.143. The van der Waals surface area contributed by atoms with Crippen molar-refractivity contribution in [2.75, 3.05) is 0 Å². The van der Waals surface area contributed by atoms with Crippen LogP contribution in [0.3, 0.4) is 0 Å². The molecule has 0 radical (unpaired) electrons. The molecule has 3 heteroatoms. The monoisotopic (exact) mass is 338 g/mol. The molecule has 4 saturated carbocycles. The molecule has 5 rings (SSSR count). The summed E-state index contributed by atoms with van der Waals surface area (Å²) in [6.45, 7) is 0. The molecular formula is C16H19BrOS. The van der Waals surface area contributed by atoms with Gasteiger partial charge in [0, 0.05) is 16.7 Å². The van der Waals surface area contributed by atoms with Crippen LogP contribution in [0.5, 0.6) is 0 Å². The zero-order valence-corrected chi connectivity index (χ0v) is 13.4. The third-order valence-corrected chi connectivity index (χ3v) is 7.22. The minimum Gasteiger partial charge on any atom is -0.299 e. The molecule has 4 fully saturated rings. The maximum atomic E-state index is 12.9. The van der Waals surface area contributed by atoms with Gasteiger partial charge in [-0.3, -0.25) is 4.79 Å². The van der Waals surface area contributed by atoms with Crippen LogP contribution in [-0.2, 0) is 11.2 Å². The summed E-state index contributed by atoms with van der Waals surface area (Å²) in [6, 6.07) is 4.17. The normalized spacial score (nSPS) is 39.7. The predicted octanol–water partition coefficient (Wildman–Crippen LogP) is 4.84. The van der Waals surface area contributed by atoms with E-state index in [1.807, 2.05) is 0 Å². The van der Waals surface area contributed by atoms with E-state index >= 15 is 0 Å². The van der Waals surface area contributed by atoms with E-state index in [0.717, 1.165) is 21.5 Å². The Balaban J connectivity index is 1.56.